The first-order valence-electron chi connectivity index (χ1n) is 9.01. The Bertz CT molecular complexity index is 670. The molecule has 1 aromatic carbocycles. The van der Waals surface area contributed by atoms with E-state index in [-0.39, 0.29) is 23.9 Å². The topological polar surface area (TPSA) is 87.7 Å². The number of likely N-dealkylation sites (N-methyl/N-ethyl adjacent to an activating group) is 1. The number of hydrogen-bond donors (Lipinski definition) is 2. The van der Waals surface area contributed by atoms with Gasteiger partial charge in [0, 0.05) is 23.3 Å². The molecule has 0 atom stereocenters. The molecule has 0 saturated heterocycles. The van der Waals surface area contributed by atoms with Gasteiger partial charge < -0.3 is 15.0 Å². The summed E-state index contributed by atoms with van der Waals surface area (Å²) in [5.74, 6) is -0.453. The Morgan fingerprint density at radius 1 is 1.00 bits per heavy atom. The zero-order chi connectivity index (χ0) is 20.8. The van der Waals surface area contributed by atoms with E-state index < -0.39 is 11.7 Å². The Morgan fingerprint density at radius 2 is 1.56 bits per heavy atom. The zero-order valence-electron chi connectivity index (χ0n) is 17.3. The highest BCUT2D eigenvalue weighted by atomic mass is 16.6. The molecule has 0 heterocycles. The van der Waals surface area contributed by atoms with Crippen LogP contribution in [0.1, 0.15) is 58.8 Å². The van der Waals surface area contributed by atoms with Crippen LogP contribution in [-0.2, 0) is 9.53 Å². The monoisotopic (exact) mass is 377 g/mol. The van der Waals surface area contributed by atoms with E-state index >= 15 is 0 Å². The van der Waals surface area contributed by atoms with Gasteiger partial charge in [0.2, 0.25) is 5.91 Å². The van der Waals surface area contributed by atoms with Gasteiger partial charge in [0.25, 0.3) is 5.91 Å². The predicted octanol–water partition coefficient (Wildman–Crippen LogP) is 3.41. The van der Waals surface area contributed by atoms with Crippen LogP contribution in [0.4, 0.5) is 10.5 Å². The minimum atomic E-state index is -0.588. The first-order chi connectivity index (χ1) is 12.3. The SMILES string of the molecule is CCN(CC(=O)NC(C)(C)C)C(=O)c1ccc(NC(=O)OC(C)(C)C)cc1. The third kappa shape index (κ3) is 8.57. The number of hydrogen-bond acceptors (Lipinski definition) is 4. The van der Waals surface area contributed by atoms with Gasteiger partial charge in [-0.05, 0) is 72.7 Å². The first-order valence-corrected chi connectivity index (χ1v) is 9.01. The molecule has 3 amide bonds. The number of nitrogens with one attached hydrogen (secondary N) is 2. The molecule has 7 heteroatoms. The van der Waals surface area contributed by atoms with Crippen LogP contribution in [0.2, 0.25) is 0 Å². The summed E-state index contributed by atoms with van der Waals surface area (Å²) in [7, 11) is 0. The fraction of sp³-hybridized carbons (Fsp3) is 0.550. The number of nitrogens with zero attached hydrogens (tertiary/aromatic N) is 1. The summed E-state index contributed by atoms with van der Waals surface area (Å²) >= 11 is 0. The van der Waals surface area contributed by atoms with Gasteiger partial charge in [-0.2, -0.15) is 0 Å². The molecular formula is C20H31N3O4. The lowest BCUT2D eigenvalue weighted by Crippen LogP contribution is -2.47. The first kappa shape index (κ1) is 22.5. The molecule has 2 N–H and O–H groups in total. The van der Waals surface area contributed by atoms with E-state index in [4.69, 9.17) is 4.74 Å². The molecule has 0 radical (unpaired) electrons. The maximum absolute atomic E-state index is 12.6. The Labute approximate surface area is 161 Å². The van der Waals surface area contributed by atoms with Crippen molar-refractivity contribution in [2.24, 2.45) is 0 Å². The van der Waals surface area contributed by atoms with Crippen molar-refractivity contribution in [3.05, 3.63) is 29.8 Å². The van der Waals surface area contributed by atoms with E-state index in [1.807, 2.05) is 27.7 Å². The predicted molar refractivity (Wildman–Crippen MR) is 106 cm³/mol. The van der Waals surface area contributed by atoms with E-state index in [9.17, 15) is 14.4 Å². The molecule has 0 aliphatic heterocycles. The molecule has 0 bridgehead atoms. The quantitative estimate of drug-likeness (QED) is 0.823. The normalized spacial score (nSPS) is 11.5. The van der Waals surface area contributed by atoms with Crippen molar-refractivity contribution >= 4 is 23.6 Å². The molecule has 0 spiro atoms. The molecule has 1 aromatic rings. The maximum Gasteiger partial charge on any atom is 0.412 e. The van der Waals surface area contributed by atoms with Crippen LogP contribution in [0, 0.1) is 0 Å². The summed E-state index contributed by atoms with van der Waals surface area (Å²) in [4.78, 5) is 38.0. The Balaban J connectivity index is 2.74. The molecule has 0 fully saturated rings. The Hall–Kier alpha value is -2.57. The third-order valence-corrected chi connectivity index (χ3v) is 3.29. The minimum absolute atomic E-state index is 0.00941. The van der Waals surface area contributed by atoms with Crippen LogP contribution in [-0.4, -0.2) is 47.0 Å². The Kier molecular flexibility index (Phi) is 7.39. The second-order valence-electron chi connectivity index (χ2n) is 8.32. The molecule has 7 nitrogen and oxygen atoms in total. The lowest BCUT2D eigenvalue weighted by atomic mass is 10.1. The second-order valence-corrected chi connectivity index (χ2v) is 8.32. The number of rotatable bonds is 5. The van der Waals surface area contributed by atoms with E-state index in [1.54, 1.807) is 45.0 Å². The Morgan fingerprint density at radius 3 is 2.00 bits per heavy atom. The molecule has 27 heavy (non-hydrogen) atoms. The van der Waals surface area contributed by atoms with E-state index in [2.05, 4.69) is 10.6 Å². The van der Waals surface area contributed by atoms with Crippen molar-refractivity contribution in [1.82, 2.24) is 10.2 Å². The molecule has 150 valence electrons. The van der Waals surface area contributed by atoms with Crippen LogP contribution < -0.4 is 10.6 Å². The second kappa shape index (κ2) is 8.88. The molecule has 0 unspecified atom stereocenters. The minimum Gasteiger partial charge on any atom is -0.444 e. The molecule has 1 rings (SSSR count). The lowest BCUT2D eigenvalue weighted by molar-refractivity contribution is -0.123. The fourth-order valence-corrected chi connectivity index (χ4v) is 2.26. The summed E-state index contributed by atoms with van der Waals surface area (Å²) in [6.07, 6.45) is -0.560. The molecule has 0 aliphatic carbocycles. The van der Waals surface area contributed by atoms with Gasteiger partial charge >= 0.3 is 6.09 Å². The largest absolute Gasteiger partial charge is 0.444 e. The van der Waals surface area contributed by atoms with Gasteiger partial charge in [-0.25, -0.2) is 4.79 Å². The van der Waals surface area contributed by atoms with E-state index in [1.165, 1.54) is 4.90 Å². The summed E-state index contributed by atoms with van der Waals surface area (Å²) in [5.41, 5.74) is 0.0218. The number of anilines is 1. The van der Waals surface area contributed by atoms with Crippen LogP contribution in [0.15, 0.2) is 24.3 Å². The van der Waals surface area contributed by atoms with Crippen molar-refractivity contribution in [3.8, 4) is 0 Å². The molecule has 0 saturated carbocycles. The molecule has 0 aliphatic rings. The van der Waals surface area contributed by atoms with Crippen molar-refractivity contribution in [3.63, 3.8) is 0 Å². The van der Waals surface area contributed by atoms with E-state index in [0.717, 1.165) is 0 Å². The van der Waals surface area contributed by atoms with Gasteiger partial charge in [0.1, 0.15) is 5.60 Å². The number of carbonyl (C=O) groups is 3. The van der Waals surface area contributed by atoms with Crippen LogP contribution >= 0.6 is 0 Å². The maximum atomic E-state index is 12.6. The van der Waals surface area contributed by atoms with E-state index in [0.29, 0.717) is 17.8 Å². The average Bonchev–Trinajstić information content (AvgIpc) is 2.49. The van der Waals surface area contributed by atoms with Gasteiger partial charge in [0.05, 0.1) is 6.54 Å². The number of benzene rings is 1. The standard InChI is InChI=1S/C20H31N3O4/c1-8-23(13-16(24)22-19(2,3)4)17(25)14-9-11-15(12-10-14)21-18(26)27-20(5,6)7/h9-12H,8,13H2,1-7H3,(H,21,26)(H,22,24). The van der Waals surface area contributed by atoms with Crippen LogP contribution in [0.25, 0.3) is 0 Å². The highest BCUT2D eigenvalue weighted by Crippen LogP contribution is 2.14. The zero-order valence-corrected chi connectivity index (χ0v) is 17.3. The molecular weight excluding hydrogens is 346 g/mol. The lowest BCUT2D eigenvalue weighted by Gasteiger charge is -2.25. The molecule has 0 aromatic heterocycles. The highest BCUT2D eigenvalue weighted by molar-refractivity contribution is 5.97. The van der Waals surface area contributed by atoms with Gasteiger partial charge in [0.15, 0.2) is 0 Å². The summed E-state index contributed by atoms with van der Waals surface area (Å²) < 4.78 is 5.19. The highest BCUT2D eigenvalue weighted by Gasteiger charge is 2.21. The number of amides is 3. The summed E-state index contributed by atoms with van der Waals surface area (Å²) in [6, 6.07) is 6.47. The van der Waals surface area contributed by atoms with Crippen LogP contribution in [0.5, 0.6) is 0 Å². The van der Waals surface area contributed by atoms with Crippen molar-refractivity contribution in [2.45, 2.75) is 59.6 Å². The van der Waals surface area contributed by atoms with Crippen molar-refractivity contribution in [2.75, 3.05) is 18.4 Å². The van der Waals surface area contributed by atoms with Gasteiger partial charge in [-0.15, -0.1) is 0 Å². The van der Waals surface area contributed by atoms with Gasteiger partial charge in [-0.3, -0.25) is 14.9 Å². The van der Waals surface area contributed by atoms with Gasteiger partial charge in [-0.1, -0.05) is 0 Å². The summed E-state index contributed by atoms with van der Waals surface area (Å²) in [5, 5.41) is 5.46. The van der Waals surface area contributed by atoms with Crippen molar-refractivity contribution in [1.29, 1.82) is 0 Å². The summed E-state index contributed by atoms with van der Waals surface area (Å²) in [6.45, 7) is 13.2. The fourth-order valence-electron chi connectivity index (χ4n) is 2.26. The van der Waals surface area contributed by atoms with Crippen LogP contribution in [0.3, 0.4) is 0 Å². The average molecular weight is 377 g/mol. The number of carbonyl (C=O) groups excluding carboxylic acids is 3. The smallest absolute Gasteiger partial charge is 0.412 e. The van der Waals surface area contributed by atoms with Crippen molar-refractivity contribution < 1.29 is 19.1 Å². The number of ether oxygens (including phenoxy) is 1. The third-order valence-electron chi connectivity index (χ3n) is 3.29.